The van der Waals surface area contributed by atoms with Gasteiger partial charge in [-0.2, -0.15) is 0 Å². The molecule has 1 aliphatic rings. The average Bonchev–Trinajstić information content (AvgIpc) is 2.88. The summed E-state index contributed by atoms with van der Waals surface area (Å²) in [4.78, 5) is 0.0532. The standard InChI is InChI=1S/C15H10Br3ClO/c16-10-5-9-3-4-20-15(9)11(7-10)14(18)8-1-2-12(17)13(19)6-8/h1-2,5-7,14H,3-4H2. The molecule has 0 radical (unpaired) electrons. The van der Waals surface area contributed by atoms with E-state index in [0.717, 1.165) is 38.8 Å². The number of hydrogen-bond donors (Lipinski definition) is 0. The molecule has 2 aromatic carbocycles. The molecule has 0 saturated heterocycles. The Balaban J connectivity index is 2.06. The zero-order chi connectivity index (χ0) is 14.3. The molecule has 1 atom stereocenters. The van der Waals surface area contributed by atoms with Crippen LogP contribution in [0.1, 0.15) is 21.5 Å². The number of alkyl halides is 1. The molecule has 0 aliphatic carbocycles. The molecule has 104 valence electrons. The summed E-state index contributed by atoms with van der Waals surface area (Å²) in [7, 11) is 0. The number of ether oxygens (including phenoxy) is 1. The summed E-state index contributed by atoms with van der Waals surface area (Å²) in [5.41, 5.74) is 3.49. The van der Waals surface area contributed by atoms with Gasteiger partial charge in [0.15, 0.2) is 0 Å². The third kappa shape index (κ3) is 2.80. The molecule has 3 rings (SSSR count). The van der Waals surface area contributed by atoms with Crippen molar-refractivity contribution in [1.82, 2.24) is 0 Å². The molecular weight excluding hydrogens is 471 g/mol. The minimum absolute atomic E-state index is 0.0532. The highest BCUT2D eigenvalue weighted by molar-refractivity contribution is 9.11. The maximum atomic E-state index is 6.19. The molecule has 0 saturated carbocycles. The van der Waals surface area contributed by atoms with Crippen LogP contribution in [0.3, 0.4) is 0 Å². The highest BCUT2D eigenvalue weighted by atomic mass is 79.9. The van der Waals surface area contributed by atoms with E-state index in [4.69, 9.17) is 16.3 Å². The van der Waals surface area contributed by atoms with E-state index in [1.54, 1.807) is 0 Å². The predicted molar refractivity (Wildman–Crippen MR) is 93.3 cm³/mol. The average molecular weight is 481 g/mol. The van der Waals surface area contributed by atoms with Gasteiger partial charge in [0.25, 0.3) is 0 Å². The van der Waals surface area contributed by atoms with Crippen molar-refractivity contribution in [2.75, 3.05) is 6.61 Å². The number of rotatable bonds is 2. The fourth-order valence-electron chi connectivity index (χ4n) is 2.34. The summed E-state index contributed by atoms with van der Waals surface area (Å²) in [6.45, 7) is 0.750. The molecule has 2 aromatic rings. The predicted octanol–water partition coefficient (Wildman–Crippen LogP) is 6.28. The summed E-state index contributed by atoms with van der Waals surface area (Å²) >= 11 is 16.9. The maximum absolute atomic E-state index is 6.19. The molecule has 0 bridgehead atoms. The van der Waals surface area contributed by atoms with Crippen molar-refractivity contribution < 1.29 is 4.74 Å². The summed E-state index contributed by atoms with van der Waals surface area (Å²) in [5, 5.41) is 0.708. The lowest BCUT2D eigenvalue weighted by Crippen LogP contribution is -1.97. The summed E-state index contributed by atoms with van der Waals surface area (Å²) in [5.74, 6) is 0.995. The van der Waals surface area contributed by atoms with Gasteiger partial charge in [-0.05, 0) is 51.3 Å². The lowest BCUT2D eigenvalue weighted by molar-refractivity contribution is 0.354. The fourth-order valence-corrected chi connectivity index (χ4v) is 3.92. The summed E-state index contributed by atoms with van der Waals surface area (Å²) in [6, 6.07) is 10.2. The van der Waals surface area contributed by atoms with Gasteiger partial charge in [0.1, 0.15) is 5.75 Å². The minimum Gasteiger partial charge on any atom is -0.493 e. The van der Waals surface area contributed by atoms with Crippen molar-refractivity contribution in [1.29, 1.82) is 0 Å². The molecule has 0 fully saturated rings. The van der Waals surface area contributed by atoms with Crippen LogP contribution in [-0.2, 0) is 6.42 Å². The zero-order valence-corrected chi connectivity index (χ0v) is 15.8. The second-order valence-electron chi connectivity index (χ2n) is 4.62. The first-order valence-corrected chi connectivity index (χ1v) is 8.98. The van der Waals surface area contributed by atoms with Crippen LogP contribution in [0, 0.1) is 0 Å². The third-order valence-electron chi connectivity index (χ3n) is 3.29. The fraction of sp³-hybridized carbons (Fsp3) is 0.200. The molecule has 1 nitrogen and oxygen atoms in total. The Hall–Kier alpha value is -0.0300. The Morgan fingerprint density at radius 3 is 2.70 bits per heavy atom. The van der Waals surface area contributed by atoms with Gasteiger partial charge in [0.2, 0.25) is 0 Å². The van der Waals surface area contributed by atoms with Crippen LogP contribution in [-0.4, -0.2) is 6.61 Å². The second kappa shape index (κ2) is 5.99. The smallest absolute Gasteiger partial charge is 0.127 e. The molecule has 5 heteroatoms. The van der Waals surface area contributed by atoms with Crippen molar-refractivity contribution in [3.05, 3.63) is 61.0 Å². The summed E-state index contributed by atoms with van der Waals surface area (Å²) < 4.78 is 7.76. The van der Waals surface area contributed by atoms with E-state index in [9.17, 15) is 0 Å². The Kier molecular flexibility index (Phi) is 4.46. The van der Waals surface area contributed by atoms with Crippen molar-refractivity contribution in [3.63, 3.8) is 0 Å². The van der Waals surface area contributed by atoms with Crippen LogP contribution >= 0.6 is 59.4 Å². The van der Waals surface area contributed by atoms with E-state index in [2.05, 4.69) is 66.0 Å². The van der Waals surface area contributed by atoms with Gasteiger partial charge in [0, 0.05) is 20.9 Å². The van der Waals surface area contributed by atoms with Gasteiger partial charge in [-0.3, -0.25) is 0 Å². The molecule has 20 heavy (non-hydrogen) atoms. The molecule has 1 unspecified atom stereocenters. The topological polar surface area (TPSA) is 9.23 Å². The van der Waals surface area contributed by atoms with E-state index >= 15 is 0 Å². The zero-order valence-electron chi connectivity index (χ0n) is 10.3. The molecule has 1 aliphatic heterocycles. The number of fused-ring (bicyclic) bond motifs is 1. The Morgan fingerprint density at radius 2 is 1.95 bits per heavy atom. The van der Waals surface area contributed by atoms with E-state index in [0.29, 0.717) is 5.02 Å². The van der Waals surface area contributed by atoms with Crippen LogP contribution in [0.2, 0.25) is 5.02 Å². The highest BCUT2D eigenvalue weighted by Gasteiger charge is 2.23. The van der Waals surface area contributed by atoms with Crippen LogP contribution in [0.25, 0.3) is 0 Å². The number of hydrogen-bond acceptors (Lipinski definition) is 1. The van der Waals surface area contributed by atoms with Gasteiger partial charge in [0.05, 0.1) is 16.5 Å². The van der Waals surface area contributed by atoms with Gasteiger partial charge in [-0.25, -0.2) is 0 Å². The molecule has 1 heterocycles. The molecule has 0 N–H and O–H groups in total. The van der Waals surface area contributed by atoms with Crippen molar-refractivity contribution in [2.45, 2.75) is 11.2 Å². The Bertz CT molecular complexity index is 672. The van der Waals surface area contributed by atoms with Crippen molar-refractivity contribution in [2.24, 2.45) is 0 Å². The number of halogens is 4. The van der Waals surface area contributed by atoms with E-state index in [-0.39, 0.29) is 4.83 Å². The van der Waals surface area contributed by atoms with E-state index in [1.165, 1.54) is 5.56 Å². The van der Waals surface area contributed by atoms with Gasteiger partial charge < -0.3 is 4.74 Å². The first-order valence-electron chi connectivity index (χ1n) is 6.10. The Labute approximate surface area is 148 Å². The van der Waals surface area contributed by atoms with Gasteiger partial charge >= 0.3 is 0 Å². The minimum atomic E-state index is 0.0532. The van der Waals surface area contributed by atoms with Gasteiger partial charge in [-0.1, -0.05) is 49.5 Å². The number of benzene rings is 2. The van der Waals surface area contributed by atoms with Crippen LogP contribution in [0.4, 0.5) is 0 Å². The van der Waals surface area contributed by atoms with Crippen LogP contribution < -0.4 is 4.74 Å². The Morgan fingerprint density at radius 1 is 1.15 bits per heavy atom. The third-order valence-corrected chi connectivity index (χ3v) is 6.00. The first-order chi connectivity index (χ1) is 9.56. The highest BCUT2D eigenvalue weighted by Crippen LogP contribution is 2.43. The maximum Gasteiger partial charge on any atom is 0.127 e. The van der Waals surface area contributed by atoms with Crippen LogP contribution in [0.15, 0.2) is 39.3 Å². The van der Waals surface area contributed by atoms with Gasteiger partial charge in [-0.15, -0.1) is 0 Å². The lowest BCUT2D eigenvalue weighted by atomic mass is 10.0. The molecular formula is C15H10Br3ClO. The summed E-state index contributed by atoms with van der Waals surface area (Å²) in [6.07, 6.45) is 0.961. The van der Waals surface area contributed by atoms with Crippen LogP contribution in [0.5, 0.6) is 5.75 Å². The van der Waals surface area contributed by atoms with E-state index < -0.39 is 0 Å². The first kappa shape index (κ1) is 14.9. The lowest BCUT2D eigenvalue weighted by Gasteiger charge is -2.16. The molecule has 0 amide bonds. The SMILES string of the molecule is Clc1cc(C(Br)c2cc(Br)cc3c2OCC3)ccc1Br. The van der Waals surface area contributed by atoms with E-state index in [1.807, 2.05) is 12.1 Å². The largest absolute Gasteiger partial charge is 0.493 e. The molecule has 0 spiro atoms. The van der Waals surface area contributed by atoms with Crippen molar-refractivity contribution in [3.8, 4) is 5.75 Å². The molecule has 0 aromatic heterocycles. The monoisotopic (exact) mass is 478 g/mol. The quantitative estimate of drug-likeness (QED) is 0.459. The second-order valence-corrected chi connectivity index (χ2v) is 7.71. The van der Waals surface area contributed by atoms with Crippen molar-refractivity contribution >= 4 is 59.4 Å². The normalized spacial score (nSPS) is 14.8.